The van der Waals surface area contributed by atoms with Crippen LogP contribution in [-0.2, 0) is 19.1 Å². The molecule has 0 aromatic carbocycles. The summed E-state index contributed by atoms with van der Waals surface area (Å²) in [5.41, 5.74) is -0.717. The van der Waals surface area contributed by atoms with Gasteiger partial charge in [0.2, 0.25) is 11.8 Å². The molecule has 33 heavy (non-hydrogen) atoms. The molecule has 1 unspecified atom stereocenters. The molecule has 1 aliphatic rings. The van der Waals surface area contributed by atoms with Gasteiger partial charge in [0.15, 0.2) is 6.10 Å². The zero-order chi connectivity index (χ0) is 25.2. The van der Waals surface area contributed by atoms with Crippen molar-refractivity contribution < 1.29 is 29.0 Å². The first-order valence-electron chi connectivity index (χ1n) is 11.8. The number of carbonyl (C=O) groups is 4. The molecule has 3 atom stereocenters. The van der Waals surface area contributed by atoms with Crippen LogP contribution in [0.25, 0.3) is 0 Å². The van der Waals surface area contributed by atoms with E-state index in [0.29, 0.717) is 12.8 Å². The molecule has 4 N–H and O–H groups in total. The van der Waals surface area contributed by atoms with Crippen molar-refractivity contribution in [3.63, 3.8) is 0 Å². The Labute approximate surface area is 197 Å². The van der Waals surface area contributed by atoms with E-state index in [1.54, 1.807) is 34.9 Å². The molecule has 10 heteroatoms. The number of rotatable bonds is 10. The number of hydrogen-bond donors (Lipinski definition) is 4. The van der Waals surface area contributed by atoms with Crippen molar-refractivity contribution in [3.8, 4) is 0 Å². The number of amides is 4. The Hall–Kier alpha value is -2.36. The summed E-state index contributed by atoms with van der Waals surface area (Å²) in [7, 11) is 3.29. The van der Waals surface area contributed by atoms with E-state index in [-0.39, 0.29) is 18.4 Å². The van der Waals surface area contributed by atoms with Crippen LogP contribution in [0.2, 0.25) is 0 Å². The maximum absolute atomic E-state index is 12.6. The zero-order valence-electron chi connectivity index (χ0n) is 20.9. The highest BCUT2D eigenvalue weighted by Crippen LogP contribution is 2.27. The maximum atomic E-state index is 12.6. The highest BCUT2D eigenvalue weighted by atomic mass is 16.6. The summed E-state index contributed by atoms with van der Waals surface area (Å²) in [6, 6.07) is -1.51. The first-order valence-corrected chi connectivity index (χ1v) is 11.8. The lowest BCUT2D eigenvalue weighted by Gasteiger charge is -2.31. The van der Waals surface area contributed by atoms with E-state index in [1.165, 1.54) is 4.90 Å². The summed E-state index contributed by atoms with van der Waals surface area (Å²) in [4.78, 5) is 51.1. The Kier molecular flexibility index (Phi) is 11.6. The molecule has 1 aliphatic carbocycles. The first-order chi connectivity index (χ1) is 15.4. The largest absolute Gasteiger partial charge is 0.444 e. The zero-order valence-corrected chi connectivity index (χ0v) is 20.9. The lowest BCUT2D eigenvalue weighted by molar-refractivity contribution is -0.137. The van der Waals surface area contributed by atoms with E-state index < -0.39 is 41.7 Å². The van der Waals surface area contributed by atoms with Crippen molar-refractivity contribution >= 4 is 23.8 Å². The number of nitrogens with zero attached hydrogens (tertiary/aromatic N) is 1. The summed E-state index contributed by atoms with van der Waals surface area (Å²) in [5, 5.41) is 18.1. The minimum absolute atomic E-state index is 0.0610. The Bertz CT molecular complexity index is 670. The van der Waals surface area contributed by atoms with E-state index in [9.17, 15) is 24.3 Å². The van der Waals surface area contributed by atoms with E-state index >= 15 is 0 Å². The predicted octanol–water partition coefficient (Wildman–Crippen LogP) is 1.31. The van der Waals surface area contributed by atoms with E-state index in [1.807, 2.05) is 6.92 Å². The Balaban J connectivity index is 2.67. The molecule has 0 bridgehead atoms. The Morgan fingerprint density at radius 1 is 1.06 bits per heavy atom. The SMILES string of the molecule is CCC[C@H](NC(=O)OC(C)(C)C)C(O)C(=O)NCC(=O)N[C@H](C(=O)N(C)C)C1CCCCC1. The van der Waals surface area contributed by atoms with Gasteiger partial charge in [0.25, 0.3) is 5.91 Å². The second-order valence-electron chi connectivity index (χ2n) is 9.88. The third kappa shape index (κ3) is 10.4. The van der Waals surface area contributed by atoms with Crippen LogP contribution in [0.1, 0.15) is 72.6 Å². The lowest BCUT2D eigenvalue weighted by Crippen LogP contribution is -2.55. The van der Waals surface area contributed by atoms with E-state index in [0.717, 1.165) is 32.1 Å². The second kappa shape index (κ2) is 13.4. The van der Waals surface area contributed by atoms with E-state index in [2.05, 4.69) is 16.0 Å². The summed E-state index contributed by atoms with van der Waals surface area (Å²) in [5.74, 6) is -1.40. The number of aliphatic hydroxyl groups excluding tert-OH is 1. The minimum atomic E-state index is -1.55. The van der Waals surface area contributed by atoms with Gasteiger partial charge >= 0.3 is 6.09 Å². The Morgan fingerprint density at radius 3 is 2.18 bits per heavy atom. The number of ether oxygens (including phenoxy) is 1. The fourth-order valence-corrected chi connectivity index (χ4v) is 3.88. The predicted molar refractivity (Wildman–Crippen MR) is 124 cm³/mol. The van der Waals surface area contributed by atoms with Gasteiger partial charge in [0, 0.05) is 14.1 Å². The molecule has 4 amide bonds. The number of aliphatic hydroxyl groups is 1. The molecular formula is C23H42N4O6. The normalized spacial score (nSPS) is 17.3. The fraction of sp³-hybridized carbons (Fsp3) is 0.826. The molecular weight excluding hydrogens is 428 g/mol. The molecule has 1 fully saturated rings. The molecule has 190 valence electrons. The van der Waals surface area contributed by atoms with Crippen molar-refractivity contribution in [1.82, 2.24) is 20.9 Å². The molecule has 0 radical (unpaired) electrons. The number of nitrogens with one attached hydrogen (secondary N) is 3. The van der Waals surface area contributed by atoms with Crippen LogP contribution in [-0.4, -0.2) is 78.3 Å². The smallest absolute Gasteiger partial charge is 0.407 e. The summed E-state index contributed by atoms with van der Waals surface area (Å²) >= 11 is 0. The third-order valence-corrected chi connectivity index (χ3v) is 5.52. The van der Waals surface area contributed by atoms with Gasteiger partial charge in [-0.15, -0.1) is 0 Å². The van der Waals surface area contributed by atoms with Crippen LogP contribution in [0.5, 0.6) is 0 Å². The molecule has 0 aliphatic heterocycles. The van der Waals surface area contributed by atoms with Crippen LogP contribution >= 0.6 is 0 Å². The molecule has 1 saturated carbocycles. The van der Waals surface area contributed by atoms with Gasteiger partial charge in [-0.3, -0.25) is 14.4 Å². The highest BCUT2D eigenvalue weighted by Gasteiger charge is 2.33. The van der Waals surface area contributed by atoms with Gasteiger partial charge in [-0.2, -0.15) is 0 Å². The lowest BCUT2D eigenvalue weighted by atomic mass is 9.83. The van der Waals surface area contributed by atoms with Crippen LogP contribution in [0.15, 0.2) is 0 Å². The average molecular weight is 471 g/mol. The second-order valence-corrected chi connectivity index (χ2v) is 9.88. The molecule has 0 spiro atoms. The number of alkyl carbamates (subject to hydrolysis) is 1. The molecule has 0 aromatic rings. The summed E-state index contributed by atoms with van der Waals surface area (Å²) < 4.78 is 5.19. The van der Waals surface area contributed by atoms with Crippen LogP contribution in [0.3, 0.4) is 0 Å². The molecule has 1 rings (SSSR count). The third-order valence-electron chi connectivity index (χ3n) is 5.52. The minimum Gasteiger partial charge on any atom is -0.444 e. The van der Waals surface area contributed by atoms with Crippen molar-refractivity contribution in [1.29, 1.82) is 0 Å². The first kappa shape index (κ1) is 28.7. The van der Waals surface area contributed by atoms with Gasteiger partial charge in [-0.1, -0.05) is 32.6 Å². The van der Waals surface area contributed by atoms with Gasteiger partial charge in [-0.05, 0) is 46.0 Å². The highest BCUT2D eigenvalue weighted by molar-refractivity contribution is 5.91. The summed E-state index contributed by atoms with van der Waals surface area (Å²) in [6.07, 6.45) is 3.56. The average Bonchev–Trinajstić information content (AvgIpc) is 2.73. The van der Waals surface area contributed by atoms with Crippen LogP contribution < -0.4 is 16.0 Å². The Morgan fingerprint density at radius 2 is 1.67 bits per heavy atom. The van der Waals surface area contributed by atoms with Crippen molar-refractivity contribution in [3.05, 3.63) is 0 Å². The summed E-state index contributed by atoms with van der Waals surface area (Å²) in [6.45, 7) is 6.61. The number of carbonyl (C=O) groups excluding carboxylic acids is 4. The topological polar surface area (TPSA) is 137 Å². The van der Waals surface area contributed by atoms with Gasteiger partial charge in [-0.25, -0.2) is 4.79 Å². The van der Waals surface area contributed by atoms with Gasteiger partial charge < -0.3 is 30.7 Å². The van der Waals surface area contributed by atoms with E-state index in [4.69, 9.17) is 4.74 Å². The molecule has 0 heterocycles. The van der Waals surface area contributed by atoms with Crippen LogP contribution in [0.4, 0.5) is 4.79 Å². The van der Waals surface area contributed by atoms with Gasteiger partial charge in [0.05, 0.1) is 12.6 Å². The molecule has 0 aromatic heterocycles. The van der Waals surface area contributed by atoms with Crippen molar-refractivity contribution in [2.75, 3.05) is 20.6 Å². The van der Waals surface area contributed by atoms with Crippen molar-refractivity contribution in [2.45, 2.75) is 96.4 Å². The number of likely N-dealkylation sites (N-methyl/N-ethyl adjacent to an activating group) is 1. The molecule has 0 saturated heterocycles. The fourth-order valence-electron chi connectivity index (χ4n) is 3.88. The standard InChI is InChI=1S/C23H42N4O6/c1-7-11-16(25-22(32)33-23(2,3)4)19(29)20(30)24-14-17(28)26-18(21(31)27(5)6)15-12-9-8-10-13-15/h15-16,18-19,29H,7-14H2,1-6H3,(H,24,30)(H,25,32)(H,26,28)/t16-,18-,19?/m0/s1. The molecule has 10 nitrogen and oxygen atoms in total. The van der Waals surface area contributed by atoms with Crippen molar-refractivity contribution in [2.24, 2.45) is 5.92 Å². The monoisotopic (exact) mass is 470 g/mol. The quantitative estimate of drug-likeness (QED) is 0.380. The van der Waals surface area contributed by atoms with Gasteiger partial charge in [0.1, 0.15) is 11.6 Å². The van der Waals surface area contributed by atoms with Crippen LogP contribution in [0, 0.1) is 5.92 Å². The maximum Gasteiger partial charge on any atom is 0.407 e. The number of hydrogen-bond acceptors (Lipinski definition) is 6.